The van der Waals surface area contributed by atoms with E-state index in [1.807, 2.05) is 31.2 Å². The third kappa shape index (κ3) is 6.37. The van der Waals surface area contributed by atoms with E-state index < -0.39 is 4.92 Å². The molecule has 0 unspecified atom stereocenters. The molecule has 1 aromatic heterocycles. The molecule has 0 saturated heterocycles. The number of ether oxygens (including phenoxy) is 2. The van der Waals surface area contributed by atoms with Crippen molar-refractivity contribution >= 4 is 28.2 Å². The highest BCUT2D eigenvalue weighted by atomic mass is 32.1. The van der Waals surface area contributed by atoms with Gasteiger partial charge in [-0.3, -0.25) is 15.0 Å². The van der Waals surface area contributed by atoms with Gasteiger partial charge in [0.15, 0.2) is 11.5 Å². The minimum atomic E-state index is -0.427. The predicted molar refractivity (Wildman–Crippen MR) is 156 cm³/mol. The average Bonchev–Trinajstić information content (AvgIpc) is 3.33. The van der Waals surface area contributed by atoms with Crippen molar-refractivity contribution in [3.05, 3.63) is 116 Å². The van der Waals surface area contributed by atoms with Crippen LogP contribution in [0.4, 0.5) is 10.7 Å². The van der Waals surface area contributed by atoms with E-state index >= 15 is 0 Å². The molecule has 0 saturated carbocycles. The highest BCUT2D eigenvalue weighted by Crippen LogP contribution is 2.39. The Labute approximate surface area is 236 Å². The first-order valence-electron chi connectivity index (χ1n) is 13.0. The Kier molecular flexibility index (Phi) is 8.50. The third-order valence-corrected chi connectivity index (χ3v) is 7.74. The van der Waals surface area contributed by atoms with Gasteiger partial charge in [-0.05, 0) is 65.9 Å². The van der Waals surface area contributed by atoms with Gasteiger partial charge in [0, 0.05) is 42.9 Å². The topological polar surface area (TPSA) is 101 Å². The van der Waals surface area contributed by atoms with Crippen LogP contribution < -0.4 is 9.47 Å². The lowest BCUT2D eigenvalue weighted by Crippen LogP contribution is -2.29. The molecule has 8 nitrogen and oxygen atoms in total. The van der Waals surface area contributed by atoms with Crippen LogP contribution >= 0.6 is 11.3 Å². The molecule has 1 aliphatic rings. The summed E-state index contributed by atoms with van der Waals surface area (Å²) in [6.45, 7) is 5.22. The van der Waals surface area contributed by atoms with E-state index in [2.05, 4.69) is 35.2 Å². The number of nitrogens with zero attached hydrogens (tertiary/aromatic N) is 4. The molecule has 0 spiro atoms. The normalized spacial score (nSPS) is 13.1. The molecule has 5 rings (SSSR count). The Morgan fingerprint density at radius 3 is 2.60 bits per heavy atom. The van der Waals surface area contributed by atoms with Gasteiger partial charge in [0.2, 0.25) is 0 Å². The van der Waals surface area contributed by atoms with Crippen LogP contribution in [-0.2, 0) is 26.1 Å². The lowest BCUT2D eigenvalue weighted by atomic mass is 10.0. The second-order valence-corrected chi connectivity index (χ2v) is 10.4. The van der Waals surface area contributed by atoms with Gasteiger partial charge in [-0.2, -0.15) is 5.26 Å². The summed E-state index contributed by atoms with van der Waals surface area (Å²) in [5.74, 6) is 1.15. The first-order valence-corrected chi connectivity index (χ1v) is 13.8. The molecule has 3 aromatic carbocycles. The highest BCUT2D eigenvalue weighted by molar-refractivity contribution is 7.16. The number of aliphatic imine (C=N–C) groups is 1. The molecule has 4 aromatic rings. The fourth-order valence-corrected chi connectivity index (χ4v) is 5.81. The number of nitriles is 1. The van der Waals surface area contributed by atoms with Gasteiger partial charge in [-0.25, -0.2) is 4.99 Å². The molecule has 202 valence electrons. The zero-order valence-corrected chi connectivity index (χ0v) is 22.9. The first-order chi connectivity index (χ1) is 19.5. The first kappa shape index (κ1) is 27.1. The van der Waals surface area contributed by atoms with E-state index in [0.717, 1.165) is 47.7 Å². The van der Waals surface area contributed by atoms with Crippen molar-refractivity contribution < 1.29 is 14.4 Å². The number of non-ortho nitro benzene ring substituents is 1. The number of nitro benzene ring substituents is 1. The molecule has 1 aliphatic heterocycles. The summed E-state index contributed by atoms with van der Waals surface area (Å²) in [5.41, 5.74) is 4.75. The van der Waals surface area contributed by atoms with Crippen molar-refractivity contribution in [2.45, 2.75) is 33.0 Å². The van der Waals surface area contributed by atoms with Gasteiger partial charge >= 0.3 is 0 Å². The number of nitro groups is 1. The van der Waals surface area contributed by atoms with Crippen LogP contribution in [0.5, 0.6) is 11.5 Å². The lowest BCUT2D eigenvalue weighted by molar-refractivity contribution is -0.384. The van der Waals surface area contributed by atoms with E-state index in [9.17, 15) is 15.4 Å². The Balaban J connectivity index is 1.29. The van der Waals surface area contributed by atoms with E-state index in [-0.39, 0.29) is 12.3 Å². The van der Waals surface area contributed by atoms with E-state index in [1.165, 1.54) is 22.6 Å². The van der Waals surface area contributed by atoms with Crippen LogP contribution in [0, 0.1) is 21.4 Å². The SMILES string of the molecule is CCOc1cc(C=Nc2sc3c(c2C#N)CCN(Cc2ccccc2)C3)ccc1OCc1ccc([N+](=O)[O-])cc1. The van der Waals surface area contributed by atoms with Crippen LogP contribution in [0.15, 0.2) is 77.8 Å². The predicted octanol–water partition coefficient (Wildman–Crippen LogP) is 6.81. The van der Waals surface area contributed by atoms with Crippen molar-refractivity contribution in [3.63, 3.8) is 0 Å². The Morgan fingerprint density at radius 2 is 1.88 bits per heavy atom. The van der Waals surface area contributed by atoms with Crippen molar-refractivity contribution in [1.29, 1.82) is 5.26 Å². The number of hydrogen-bond donors (Lipinski definition) is 0. The molecule has 40 heavy (non-hydrogen) atoms. The molecular formula is C31H28N4O4S. The summed E-state index contributed by atoms with van der Waals surface area (Å²) in [6.07, 6.45) is 2.59. The standard InChI is InChI=1S/C31H28N4O4S/c1-2-38-29-16-24(10-13-28(29)39-21-23-8-11-25(12-9-23)35(36)37)18-33-31-27(17-32)26-14-15-34(20-30(26)40-31)19-22-6-4-3-5-7-22/h3-13,16,18H,2,14-15,19-21H2,1H3. The van der Waals surface area contributed by atoms with Crippen LogP contribution in [0.1, 0.15) is 39.6 Å². The lowest BCUT2D eigenvalue weighted by Gasteiger charge is -2.26. The minimum absolute atomic E-state index is 0.0399. The summed E-state index contributed by atoms with van der Waals surface area (Å²) in [4.78, 5) is 18.8. The zero-order chi connectivity index (χ0) is 27.9. The van der Waals surface area contributed by atoms with Gasteiger partial charge < -0.3 is 9.47 Å². The molecule has 0 N–H and O–H groups in total. The van der Waals surface area contributed by atoms with Crippen LogP contribution in [-0.4, -0.2) is 29.2 Å². The largest absolute Gasteiger partial charge is 0.490 e. The maximum absolute atomic E-state index is 10.9. The van der Waals surface area contributed by atoms with Gasteiger partial charge in [0.05, 0.1) is 17.1 Å². The number of rotatable bonds is 10. The fraction of sp³-hybridized carbons (Fsp3) is 0.226. The molecule has 0 bridgehead atoms. The van der Waals surface area contributed by atoms with E-state index in [1.54, 1.807) is 29.7 Å². The summed E-state index contributed by atoms with van der Waals surface area (Å²) >= 11 is 1.59. The summed E-state index contributed by atoms with van der Waals surface area (Å²) in [5, 5.41) is 21.5. The highest BCUT2D eigenvalue weighted by Gasteiger charge is 2.24. The van der Waals surface area contributed by atoms with Crippen LogP contribution in [0.3, 0.4) is 0 Å². The maximum Gasteiger partial charge on any atom is 0.269 e. The maximum atomic E-state index is 10.9. The molecule has 2 heterocycles. The van der Waals surface area contributed by atoms with Gasteiger partial charge in [-0.15, -0.1) is 11.3 Å². The average molecular weight is 553 g/mol. The summed E-state index contributed by atoms with van der Waals surface area (Å²) < 4.78 is 11.8. The number of fused-ring (bicyclic) bond motifs is 1. The van der Waals surface area contributed by atoms with Crippen molar-refractivity contribution in [3.8, 4) is 17.6 Å². The number of hydrogen-bond acceptors (Lipinski definition) is 8. The minimum Gasteiger partial charge on any atom is -0.490 e. The van der Waals surface area contributed by atoms with Crippen molar-refractivity contribution in [1.82, 2.24) is 4.90 Å². The zero-order valence-electron chi connectivity index (χ0n) is 22.1. The van der Waals surface area contributed by atoms with Crippen molar-refractivity contribution in [2.24, 2.45) is 4.99 Å². The summed E-state index contributed by atoms with van der Waals surface area (Å²) in [7, 11) is 0. The fourth-order valence-electron chi connectivity index (χ4n) is 4.63. The van der Waals surface area contributed by atoms with E-state index in [4.69, 9.17) is 14.5 Å². The quantitative estimate of drug-likeness (QED) is 0.122. The van der Waals surface area contributed by atoms with Crippen LogP contribution in [0.2, 0.25) is 0 Å². The summed E-state index contributed by atoms with van der Waals surface area (Å²) in [6, 6.07) is 24.7. The van der Waals surface area contributed by atoms with Crippen LogP contribution in [0.25, 0.3) is 0 Å². The second-order valence-electron chi connectivity index (χ2n) is 9.35. The number of thiophene rings is 1. The molecule has 0 fully saturated rings. The smallest absolute Gasteiger partial charge is 0.269 e. The third-order valence-electron chi connectivity index (χ3n) is 6.62. The number of benzene rings is 3. The second kappa shape index (κ2) is 12.6. The Morgan fingerprint density at radius 1 is 1.07 bits per heavy atom. The molecule has 0 aliphatic carbocycles. The molecule has 0 radical (unpaired) electrons. The molecule has 9 heteroatoms. The molecule has 0 atom stereocenters. The van der Waals surface area contributed by atoms with Gasteiger partial charge in [-0.1, -0.05) is 30.3 Å². The molecular weight excluding hydrogens is 524 g/mol. The van der Waals surface area contributed by atoms with Crippen molar-refractivity contribution in [2.75, 3.05) is 13.2 Å². The Hall–Kier alpha value is -4.52. The monoisotopic (exact) mass is 552 g/mol. The van der Waals surface area contributed by atoms with Gasteiger partial charge in [0.1, 0.15) is 17.7 Å². The Bertz CT molecular complexity index is 1560. The van der Waals surface area contributed by atoms with E-state index in [0.29, 0.717) is 23.7 Å². The van der Waals surface area contributed by atoms with Gasteiger partial charge in [0.25, 0.3) is 5.69 Å². The molecule has 0 amide bonds.